The molecular weight excluding hydrogens is 456 g/mol. The molecule has 6 nitrogen and oxygen atoms in total. The zero-order valence-electron chi connectivity index (χ0n) is 23.5. The molecule has 0 amide bonds. The Balaban J connectivity index is 2.50. The smallest absolute Gasteiger partial charge is 0.305 e. The van der Waals surface area contributed by atoms with Gasteiger partial charge in [-0.1, -0.05) is 59.3 Å². The average molecular weight is 511 g/mol. The third kappa shape index (κ3) is 17.0. The van der Waals surface area contributed by atoms with Crippen molar-refractivity contribution >= 4 is 17.9 Å². The van der Waals surface area contributed by atoms with Crippen molar-refractivity contribution in [3.8, 4) is 0 Å². The van der Waals surface area contributed by atoms with Gasteiger partial charge in [-0.2, -0.15) is 0 Å². The van der Waals surface area contributed by atoms with Crippen molar-refractivity contribution in [2.75, 3.05) is 19.8 Å². The summed E-state index contributed by atoms with van der Waals surface area (Å²) in [5.41, 5.74) is 0. The molecule has 0 unspecified atom stereocenters. The second-order valence-corrected chi connectivity index (χ2v) is 10.7. The number of carbonyl (C=O) groups excluding carboxylic acids is 3. The summed E-state index contributed by atoms with van der Waals surface area (Å²) in [6.45, 7) is 7.96. The maximum absolute atomic E-state index is 12.2. The van der Waals surface area contributed by atoms with Crippen LogP contribution in [0.3, 0.4) is 0 Å². The Morgan fingerprint density at radius 3 is 1.03 bits per heavy atom. The molecule has 0 spiro atoms. The summed E-state index contributed by atoms with van der Waals surface area (Å²) in [4.78, 5) is 36.6. The van der Waals surface area contributed by atoms with Gasteiger partial charge in [-0.15, -0.1) is 0 Å². The number of hydrogen-bond donors (Lipinski definition) is 0. The Kier molecular flexibility index (Phi) is 19.4. The predicted octanol–water partition coefficient (Wildman–Crippen LogP) is 7.56. The van der Waals surface area contributed by atoms with Crippen LogP contribution in [0.1, 0.15) is 136 Å². The summed E-state index contributed by atoms with van der Waals surface area (Å²) in [5, 5.41) is 0. The van der Waals surface area contributed by atoms with Crippen LogP contribution in [-0.4, -0.2) is 37.7 Å². The lowest BCUT2D eigenvalue weighted by atomic mass is 9.71. The van der Waals surface area contributed by atoms with E-state index in [9.17, 15) is 14.4 Å². The van der Waals surface area contributed by atoms with Crippen LogP contribution in [-0.2, 0) is 28.6 Å². The molecule has 0 saturated heterocycles. The lowest BCUT2D eigenvalue weighted by molar-refractivity contribution is -0.144. The summed E-state index contributed by atoms with van der Waals surface area (Å²) in [5.74, 6) is 0.984. The van der Waals surface area contributed by atoms with Gasteiger partial charge in [0.2, 0.25) is 0 Å². The summed E-state index contributed by atoms with van der Waals surface area (Å²) in [7, 11) is 0. The first-order valence-electron chi connectivity index (χ1n) is 14.9. The van der Waals surface area contributed by atoms with Crippen molar-refractivity contribution < 1.29 is 28.6 Å². The summed E-state index contributed by atoms with van der Waals surface area (Å²) >= 11 is 0. The lowest BCUT2D eigenvalue weighted by Gasteiger charge is -2.35. The van der Waals surface area contributed by atoms with Gasteiger partial charge >= 0.3 is 17.9 Å². The van der Waals surface area contributed by atoms with Gasteiger partial charge < -0.3 is 14.2 Å². The number of esters is 3. The van der Waals surface area contributed by atoms with Crippen molar-refractivity contribution in [1.29, 1.82) is 0 Å². The van der Waals surface area contributed by atoms with Gasteiger partial charge in [0.25, 0.3) is 0 Å². The van der Waals surface area contributed by atoms with Crippen LogP contribution in [0.2, 0.25) is 0 Å². The van der Waals surface area contributed by atoms with Gasteiger partial charge in [0, 0.05) is 19.3 Å². The van der Waals surface area contributed by atoms with E-state index in [2.05, 4.69) is 20.8 Å². The maximum atomic E-state index is 12.2. The number of rotatable bonds is 21. The molecule has 0 atom stereocenters. The molecule has 0 heterocycles. The third-order valence-electron chi connectivity index (χ3n) is 7.30. The van der Waals surface area contributed by atoms with Gasteiger partial charge in [-0.25, -0.2) is 0 Å². The van der Waals surface area contributed by atoms with Crippen LogP contribution in [0.15, 0.2) is 0 Å². The first-order valence-corrected chi connectivity index (χ1v) is 14.9. The minimum Gasteiger partial charge on any atom is -0.466 e. The fraction of sp³-hybridized carbons (Fsp3) is 0.900. The van der Waals surface area contributed by atoms with Gasteiger partial charge in [0.15, 0.2) is 0 Å². The van der Waals surface area contributed by atoms with E-state index in [1.807, 2.05) is 0 Å². The highest BCUT2D eigenvalue weighted by molar-refractivity contribution is 5.70. The molecular formula is C30H54O6. The van der Waals surface area contributed by atoms with Crippen molar-refractivity contribution in [3.05, 3.63) is 0 Å². The van der Waals surface area contributed by atoms with Crippen molar-refractivity contribution in [2.24, 2.45) is 17.8 Å². The van der Waals surface area contributed by atoms with Crippen LogP contribution in [0.4, 0.5) is 0 Å². The van der Waals surface area contributed by atoms with Gasteiger partial charge in [-0.3, -0.25) is 14.4 Å². The highest BCUT2D eigenvalue weighted by Gasteiger charge is 2.30. The zero-order valence-corrected chi connectivity index (χ0v) is 23.5. The lowest BCUT2D eigenvalue weighted by Crippen LogP contribution is -2.25. The molecule has 1 aliphatic rings. The van der Waals surface area contributed by atoms with E-state index < -0.39 is 0 Å². The number of carbonyl (C=O) groups is 3. The van der Waals surface area contributed by atoms with E-state index >= 15 is 0 Å². The van der Waals surface area contributed by atoms with Crippen LogP contribution in [0, 0.1) is 17.8 Å². The van der Waals surface area contributed by atoms with Gasteiger partial charge in [0.05, 0.1) is 19.8 Å². The molecule has 1 rings (SSSR count). The van der Waals surface area contributed by atoms with Gasteiger partial charge in [0.1, 0.15) is 0 Å². The third-order valence-corrected chi connectivity index (χ3v) is 7.30. The fourth-order valence-corrected chi connectivity index (χ4v) is 5.21. The molecule has 210 valence electrons. The number of hydrogen-bond acceptors (Lipinski definition) is 6. The van der Waals surface area contributed by atoms with E-state index in [0.717, 1.165) is 96.3 Å². The molecule has 0 N–H and O–H groups in total. The van der Waals surface area contributed by atoms with E-state index in [1.54, 1.807) is 0 Å². The first-order chi connectivity index (χ1) is 17.5. The Morgan fingerprint density at radius 1 is 0.500 bits per heavy atom. The number of ether oxygens (including phenoxy) is 3. The normalized spacial score (nSPS) is 19.6. The minimum atomic E-state index is -0.101. The molecule has 1 saturated carbocycles. The predicted molar refractivity (Wildman–Crippen MR) is 143 cm³/mol. The molecule has 0 aromatic carbocycles. The van der Waals surface area contributed by atoms with Crippen LogP contribution in [0.25, 0.3) is 0 Å². The van der Waals surface area contributed by atoms with Crippen molar-refractivity contribution in [2.45, 2.75) is 136 Å². The highest BCUT2D eigenvalue weighted by atomic mass is 16.5. The summed E-state index contributed by atoms with van der Waals surface area (Å²) in [6, 6.07) is 0. The average Bonchev–Trinajstić information content (AvgIpc) is 2.88. The summed E-state index contributed by atoms with van der Waals surface area (Å²) in [6.07, 6.45) is 16.3. The fourth-order valence-electron chi connectivity index (χ4n) is 5.21. The second kappa shape index (κ2) is 21.5. The molecule has 6 heteroatoms. The standard InChI is InChI=1S/C30H54O6/c1-4-7-10-19-34-28(31)16-13-25-22-26(14-17-29(32)35-20-11-8-5-2)24-27(23-25)15-18-30(33)36-21-12-9-6-3/h25-27H,4-24H2,1-3H3. The molecule has 0 radical (unpaired) electrons. The quantitative estimate of drug-likeness (QED) is 0.0900. The largest absolute Gasteiger partial charge is 0.466 e. The van der Waals surface area contributed by atoms with Crippen LogP contribution >= 0.6 is 0 Å². The zero-order chi connectivity index (χ0) is 26.4. The van der Waals surface area contributed by atoms with E-state index in [-0.39, 0.29) is 17.9 Å². The van der Waals surface area contributed by atoms with E-state index in [0.29, 0.717) is 56.8 Å². The number of unbranched alkanes of at least 4 members (excludes halogenated alkanes) is 6. The molecule has 36 heavy (non-hydrogen) atoms. The highest BCUT2D eigenvalue weighted by Crippen LogP contribution is 2.40. The molecule has 1 fully saturated rings. The Morgan fingerprint density at radius 2 is 0.778 bits per heavy atom. The maximum Gasteiger partial charge on any atom is 0.305 e. The Hall–Kier alpha value is -1.59. The van der Waals surface area contributed by atoms with Crippen molar-refractivity contribution in [1.82, 2.24) is 0 Å². The topological polar surface area (TPSA) is 78.9 Å². The molecule has 0 aliphatic heterocycles. The SMILES string of the molecule is CCCCCOC(=O)CCC1CC(CCC(=O)OCCCCC)CC(CCC(=O)OCCCCC)C1. The first kappa shape index (κ1) is 32.4. The molecule has 0 bridgehead atoms. The monoisotopic (exact) mass is 510 g/mol. The molecule has 1 aliphatic carbocycles. The van der Waals surface area contributed by atoms with Crippen LogP contribution in [0.5, 0.6) is 0 Å². The Labute approximate surface area is 220 Å². The van der Waals surface area contributed by atoms with E-state index in [1.165, 1.54) is 0 Å². The second-order valence-electron chi connectivity index (χ2n) is 10.7. The summed E-state index contributed by atoms with van der Waals surface area (Å²) < 4.78 is 16.2. The van der Waals surface area contributed by atoms with Crippen molar-refractivity contribution in [3.63, 3.8) is 0 Å². The molecule has 0 aromatic rings. The molecule has 0 aromatic heterocycles. The Bertz CT molecular complexity index is 503. The van der Waals surface area contributed by atoms with E-state index in [4.69, 9.17) is 14.2 Å². The van der Waals surface area contributed by atoms with Crippen LogP contribution < -0.4 is 0 Å². The van der Waals surface area contributed by atoms with Gasteiger partial charge in [-0.05, 0) is 75.5 Å². The minimum absolute atomic E-state index is 0.101.